The molecule has 0 atom stereocenters. The van der Waals surface area contributed by atoms with Crippen LogP contribution in [0.2, 0.25) is 0 Å². The molecule has 0 radical (unpaired) electrons. The summed E-state index contributed by atoms with van der Waals surface area (Å²) in [5, 5.41) is 0. The van der Waals surface area contributed by atoms with E-state index in [1.807, 2.05) is 37.4 Å². The zero-order chi connectivity index (χ0) is 16.7. The van der Waals surface area contributed by atoms with Gasteiger partial charge in [-0.3, -0.25) is 9.78 Å². The number of carbonyl (C=O) groups is 1. The predicted molar refractivity (Wildman–Crippen MR) is 88.6 cm³/mol. The van der Waals surface area contributed by atoms with E-state index < -0.39 is 0 Å². The molecule has 2 aromatic rings. The van der Waals surface area contributed by atoms with Gasteiger partial charge in [0.1, 0.15) is 0 Å². The Balaban J connectivity index is 1.91. The van der Waals surface area contributed by atoms with Crippen LogP contribution in [-0.4, -0.2) is 37.1 Å². The molecule has 0 saturated heterocycles. The number of ether oxygens (including phenoxy) is 2. The van der Waals surface area contributed by atoms with E-state index in [1.165, 1.54) is 0 Å². The average Bonchev–Trinajstić information content (AvgIpc) is 2.60. The van der Waals surface area contributed by atoms with Gasteiger partial charge in [0, 0.05) is 32.4 Å². The Hall–Kier alpha value is -2.56. The first-order valence-electron chi connectivity index (χ1n) is 7.48. The quantitative estimate of drug-likeness (QED) is 0.788. The summed E-state index contributed by atoms with van der Waals surface area (Å²) < 4.78 is 10.5. The highest BCUT2D eigenvalue weighted by Gasteiger charge is 2.11. The molecule has 0 saturated carbocycles. The van der Waals surface area contributed by atoms with Gasteiger partial charge < -0.3 is 14.4 Å². The molecule has 23 heavy (non-hydrogen) atoms. The van der Waals surface area contributed by atoms with Gasteiger partial charge in [-0.25, -0.2) is 0 Å². The molecule has 0 aliphatic heterocycles. The lowest BCUT2D eigenvalue weighted by Crippen LogP contribution is -2.26. The van der Waals surface area contributed by atoms with Crippen LogP contribution in [0, 0.1) is 0 Å². The number of rotatable bonds is 7. The molecule has 0 unspecified atom stereocenters. The van der Waals surface area contributed by atoms with E-state index in [4.69, 9.17) is 9.47 Å². The van der Waals surface area contributed by atoms with Crippen molar-refractivity contribution in [1.29, 1.82) is 0 Å². The maximum atomic E-state index is 12.3. The van der Waals surface area contributed by atoms with Gasteiger partial charge in [0.25, 0.3) is 0 Å². The molecule has 0 fully saturated rings. The Morgan fingerprint density at radius 1 is 1.04 bits per heavy atom. The normalized spacial score (nSPS) is 10.2. The van der Waals surface area contributed by atoms with Crippen LogP contribution in [0.25, 0.3) is 0 Å². The van der Waals surface area contributed by atoms with Crippen molar-refractivity contribution >= 4 is 5.91 Å². The summed E-state index contributed by atoms with van der Waals surface area (Å²) in [7, 11) is 5.03. The second-order valence-electron chi connectivity index (χ2n) is 5.29. The van der Waals surface area contributed by atoms with E-state index in [9.17, 15) is 4.79 Å². The monoisotopic (exact) mass is 314 g/mol. The summed E-state index contributed by atoms with van der Waals surface area (Å²) in [4.78, 5) is 18.0. The first-order valence-corrected chi connectivity index (χ1v) is 7.48. The summed E-state index contributed by atoms with van der Waals surface area (Å²) in [5.41, 5.74) is 2.12. The lowest BCUT2D eigenvalue weighted by Gasteiger charge is -2.17. The van der Waals surface area contributed by atoms with Gasteiger partial charge in [-0.2, -0.15) is 0 Å². The third-order valence-corrected chi connectivity index (χ3v) is 3.67. The molecule has 5 nitrogen and oxygen atoms in total. The highest BCUT2D eigenvalue weighted by molar-refractivity contribution is 5.76. The number of benzene rings is 1. The number of aromatic nitrogens is 1. The van der Waals surface area contributed by atoms with Crippen LogP contribution in [0.4, 0.5) is 0 Å². The van der Waals surface area contributed by atoms with Crippen LogP contribution in [0.1, 0.15) is 17.5 Å². The fraction of sp³-hybridized carbons (Fsp3) is 0.333. The second kappa shape index (κ2) is 8.17. The average molecular weight is 314 g/mol. The summed E-state index contributed by atoms with van der Waals surface area (Å²) >= 11 is 0. The minimum atomic E-state index is 0.108. The minimum Gasteiger partial charge on any atom is -0.493 e. The van der Waals surface area contributed by atoms with Gasteiger partial charge in [-0.1, -0.05) is 6.07 Å². The van der Waals surface area contributed by atoms with Crippen LogP contribution in [0.5, 0.6) is 11.5 Å². The summed E-state index contributed by atoms with van der Waals surface area (Å²) in [5.74, 6) is 1.48. The van der Waals surface area contributed by atoms with E-state index in [0.717, 1.165) is 11.1 Å². The number of hydrogen-bond donors (Lipinski definition) is 0. The summed E-state index contributed by atoms with van der Waals surface area (Å²) in [6, 6.07) is 9.56. The summed E-state index contributed by atoms with van der Waals surface area (Å²) in [6.07, 6.45) is 4.59. The third-order valence-electron chi connectivity index (χ3n) is 3.67. The fourth-order valence-electron chi connectivity index (χ4n) is 2.33. The SMILES string of the molecule is COc1ccc(CCC(=O)N(C)Cc2ccncc2)cc1OC. The van der Waals surface area contributed by atoms with Gasteiger partial charge in [0.15, 0.2) is 11.5 Å². The highest BCUT2D eigenvalue weighted by Crippen LogP contribution is 2.28. The van der Waals surface area contributed by atoms with Gasteiger partial charge in [0.2, 0.25) is 5.91 Å². The minimum absolute atomic E-state index is 0.108. The molecule has 0 aliphatic rings. The number of methoxy groups -OCH3 is 2. The number of aryl methyl sites for hydroxylation is 1. The molecule has 1 amide bonds. The molecule has 1 aromatic carbocycles. The topological polar surface area (TPSA) is 51.7 Å². The maximum absolute atomic E-state index is 12.3. The van der Waals surface area contributed by atoms with E-state index in [2.05, 4.69) is 4.98 Å². The Labute approximate surface area is 136 Å². The largest absolute Gasteiger partial charge is 0.493 e. The van der Waals surface area contributed by atoms with Crippen molar-refractivity contribution in [1.82, 2.24) is 9.88 Å². The first-order chi connectivity index (χ1) is 11.1. The first kappa shape index (κ1) is 16.8. The number of amides is 1. The van der Waals surface area contributed by atoms with E-state index in [0.29, 0.717) is 30.9 Å². The molecule has 2 rings (SSSR count). The summed E-state index contributed by atoms with van der Waals surface area (Å²) in [6.45, 7) is 0.591. The van der Waals surface area contributed by atoms with Crippen molar-refractivity contribution in [2.24, 2.45) is 0 Å². The number of nitrogens with zero attached hydrogens (tertiary/aromatic N) is 2. The Morgan fingerprint density at radius 3 is 2.39 bits per heavy atom. The van der Waals surface area contributed by atoms with E-state index in [1.54, 1.807) is 31.5 Å². The molecule has 0 spiro atoms. The molecule has 1 aromatic heterocycles. The van der Waals surface area contributed by atoms with Gasteiger partial charge in [-0.15, -0.1) is 0 Å². The Bertz CT molecular complexity index is 644. The smallest absolute Gasteiger partial charge is 0.222 e. The van der Waals surface area contributed by atoms with Crippen molar-refractivity contribution in [2.45, 2.75) is 19.4 Å². The molecular weight excluding hydrogens is 292 g/mol. The van der Waals surface area contributed by atoms with Crippen molar-refractivity contribution < 1.29 is 14.3 Å². The fourth-order valence-corrected chi connectivity index (χ4v) is 2.33. The van der Waals surface area contributed by atoms with E-state index >= 15 is 0 Å². The third kappa shape index (κ3) is 4.71. The van der Waals surface area contributed by atoms with Gasteiger partial charge >= 0.3 is 0 Å². The second-order valence-corrected chi connectivity index (χ2v) is 5.29. The molecule has 1 heterocycles. The molecular formula is C18H22N2O3. The van der Waals surface area contributed by atoms with Crippen molar-refractivity contribution in [3.8, 4) is 11.5 Å². The standard InChI is InChI=1S/C18H22N2O3/c1-20(13-15-8-10-19-11-9-15)18(21)7-5-14-4-6-16(22-2)17(12-14)23-3/h4,6,8-12H,5,7,13H2,1-3H3. The Morgan fingerprint density at radius 2 is 1.74 bits per heavy atom. The van der Waals surface area contributed by atoms with Crippen molar-refractivity contribution in [2.75, 3.05) is 21.3 Å². The number of pyridine rings is 1. The van der Waals surface area contributed by atoms with E-state index in [-0.39, 0.29) is 5.91 Å². The van der Waals surface area contributed by atoms with Gasteiger partial charge in [-0.05, 0) is 41.8 Å². The zero-order valence-electron chi connectivity index (χ0n) is 13.8. The van der Waals surface area contributed by atoms with Crippen molar-refractivity contribution in [3.05, 3.63) is 53.9 Å². The lowest BCUT2D eigenvalue weighted by atomic mass is 10.1. The number of hydrogen-bond acceptors (Lipinski definition) is 4. The molecule has 0 bridgehead atoms. The predicted octanol–water partition coefficient (Wildman–Crippen LogP) is 2.69. The van der Waals surface area contributed by atoms with Gasteiger partial charge in [0.05, 0.1) is 14.2 Å². The Kier molecular flexibility index (Phi) is 5.97. The number of carbonyl (C=O) groups excluding carboxylic acids is 1. The molecule has 5 heteroatoms. The highest BCUT2D eigenvalue weighted by atomic mass is 16.5. The maximum Gasteiger partial charge on any atom is 0.222 e. The molecule has 122 valence electrons. The van der Waals surface area contributed by atoms with Crippen LogP contribution in [0.15, 0.2) is 42.7 Å². The molecule has 0 N–H and O–H groups in total. The van der Waals surface area contributed by atoms with Crippen LogP contribution < -0.4 is 9.47 Å². The zero-order valence-corrected chi connectivity index (χ0v) is 13.8. The van der Waals surface area contributed by atoms with Crippen LogP contribution >= 0.6 is 0 Å². The molecule has 0 aliphatic carbocycles. The van der Waals surface area contributed by atoms with Crippen LogP contribution in [0.3, 0.4) is 0 Å². The van der Waals surface area contributed by atoms with Crippen LogP contribution in [-0.2, 0) is 17.8 Å². The van der Waals surface area contributed by atoms with Crippen molar-refractivity contribution in [3.63, 3.8) is 0 Å². The lowest BCUT2D eigenvalue weighted by molar-refractivity contribution is -0.130.